The maximum Gasteiger partial charge on any atom is 0.258 e. The van der Waals surface area contributed by atoms with Crippen molar-refractivity contribution in [3.63, 3.8) is 0 Å². The van der Waals surface area contributed by atoms with Crippen LogP contribution < -0.4 is 10.1 Å². The maximum atomic E-state index is 11.5. The van der Waals surface area contributed by atoms with E-state index in [0.717, 1.165) is 11.3 Å². The molecule has 0 unspecified atom stereocenters. The van der Waals surface area contributed by atoms with E-state index in [1.54, 1.807) is 0 Å². The number of ether oxygens (including phenoxy) is 1. The quantitative estimate of drug-likeness (QED) is 0.852. The minimum Gasteiger partial charge on any atom is -0.483 e. The number of benzene rings is 1. The molecule has 1 N–H and O–H groups in total. The molecule has 0 aliphatic heterocycles. The van der Waals surface area contributed by atoms with Crippen LogP contribution in [0.4, 0.5) is 0 Å². The van der Waals surface area contributed by atoms with Crippen LogP contribution in [-0.4, -0.2) is 18.6 Å². The Morgan fingerprint density at radius 3 is 2.47 bits per heavy atom. The summed E-state index contributed by atoms with van der Waals surface area (Å²) in [6, 6.07) is 7.97. The van der Waals surface area contributed by atoms with Crippen molar-refractivity contribution in [2.24, 2.45) is 0 Å². The van der Waals surface area contributed by atoms with Gasteiger partial charge < -0.3 is 10.1 Å². The zero-order chi connectivity index (χ0) is 12.8. The predicted molar refractivity (Wildman–Crippen MR) is 69.3 cm³/mol. The van der Waals surface area contributed by atoms with E-state index in [-0.39, 0.29) is 18.6 Å². The van der Waals surface area contributed by atoms with Crippen molar-refractivity contribution < 1.29 is 9.53 Å². The van der Waals surface area contributed by atoms with Crippen LogP contribution in [0.5, 0.6) is 5.75 Å². The van der Waals surface area contributed by atoms with E-state index in [1.807, 2.05) is 38.1 Å². The van der Waals surface area contributed by atoms with E-state index in [0.29, 0.717) is 5.92 Å². The summed E-state index contributed by atoms with van der Waals surface area (Å²) in [6.07, 6.45) is 0. The van der Waals surface area contributed by atoms with Gasteiger partial charge in [0.25, 0.3) is 5.91 Å². The highest BCUT2D eigenvalue weighted by atomic mass is 16.5. The van der Waals surface area contributed by atoms with Gasteiger partial charge in [0, 0.05) is 6.04 Å². The summed E-state index contributed by atoms with van der Waals surface area (Å²) >= 11 is 0. The molecule has 1 aromatic carbocycles. The van der Waals surface area contributed by atoms with Crippen LogP contribution in [0.15, 0.2) is 24.3 Å². The third-order valence-electron chi connectivity index (χ3n) is 2.35. The van der Waals surface area contributed by atoms with E-state index in [9.17, 15) is 4.79 Å². The molecular formula is C14H21NO2. The second kappa shape index (κ2) is 6.28. The first-order valence-corrected chi connectivity index (χ1v) is 6.01. The maximum absolute atomic E-state index is 11.5. The molecule has 0 atom stereocenters. The third-order valence-corrected chi connectivity index (χ3v) is 2.35. The zero-order valence-electron chi connectivity index (χ0n) is 11.0. The van der Waals surface area contributed by atoms with Crippen molar-refractivity contribution in [2.75, 3.05) is 6.61 Å². The number of carbonyl (C=O) groups excluding carboxylic acids is 1. The van der Waals surface area contributed by atoms with Gasteiger partial charge in [-0.15, -0.1) is 0 Å². The van der Waals surface area contributed by atoms with Crippen molar-refractivity contribution in [1.29, 1.82) is 0 Å². The second-order valence-electron chi connectivity index (χ2n) is 4.70. The zero-order valence-corrected chi connectivity index (χ0v) is 11.0. The Morgan fingerprint density at radius 2 is 1.88 bits per heavy atom. The molecule has 1 rings (SSSR count). The van der Waals surface area contributed by atoms with Crippen LogP contribution >= 0.6 is 0 Å². The van der Waals surface area contributed by atoms with Crippen LogP contribution in [0.2, 0.25) is 0 Å². The van der Waals surface area contributed by atoms with Gasteiger partial charge in [0.15, 0.2) is 6.61 Å². The molecule has 0 radical (unpaired) electrons. The minimum absolute atomic E-state index is 0.0713. The Labute approximate surface area is 103 Å². The highest BCUT2D eigenvalue weighted by molar-refractivity contribution is 5.77. The first-order valence-electron chi connectivity index (χ1n) is 6.01. The Balaban J connectivity index is 2.60. The van der Waals surface area contributed by atoms with Gasteiger partial charge in [0.1, 0.15) is 5.75 Å². The first kappa shape index (κ1) is 13.6. The molecule has 0 aromatic heterocycles. The van der Waals surface area contributed by atoms with Crippen molar-refractivity contribution in [3.8, 4) is 5.75 Å². The molecule has 0 spiro atoms. The van der Waals surface area contributed by atoms with E-state index in [4.69, 9.17) is 4.74 Å². The molecule has 17 heavy (non-hydrogen) atoms. The molecule has 0 bridgehead atoms. The minimum atomic E-state index is -0.0847. The van der Waals surface area contributed by atoms with E-state index < -0.39 is 0 Å². The molecule has 0 heterocycles. The average molecular weight is 235 g/mol. The van der Waals surface area contributed by atoms with E-state index in [2.05, 4.69) is 19.2 Å². The summed E-state index contributed by atoms with van der Waals surface area (Å²) in [5.74, 6) is 1.10. The standard InChI is InChI=1S/C14H21NO2/c1-10(2)12-7-5-6-8-13(12)17-9-14(16)15-11(3)4/h5-8,10-11H,9H2,1-4H3,(H,15,16). The van der Waals surface area contributed by atoms with Crippen LogP contribution in [0.1, 0.15) is 39.2 Å². The number of amides is 1. The Bertz CT molecular complexity index is 372. The SMILES string of the molecule is CC(C)NC(=O)COc1ccccc1C(C)C. The Kier molecular flexibility index (Phi) is 5.01. The van der Waals surface area contributed by atoms with Crippen molar-refractivity contribution >= 4 is 5.91 Å². The Morgan fingerprint density at radius 1 is 1.24 bits per heavy atom. The van der Waals surface area contributed by atoms with Gasteiger partial charge in [-0.05, 0) is 31.4 Å². The smallest absolute Gasteiger partial charge is 0.258 e. The fraction of sp³-hybridized carbons (Fsp3) is 0.500. The van der Waals surface area contributed by atoms with E-state index >= 15 is 0 Å². The lowest BCUT2D eigenvalue weighted by Gasteiger charge is -2.14. The molecule has 0 fully saturated rings. The van der Waals surface area contributed by atoms with Crippen LogP contribution in [0.25, 0.3) is 0 Å². The van der Waals surface area contributed by atoms with Crippen LogP contribution in [0.3, 0.4) is 0 Å². The summed E-state index contributed by atoms with van der Waals surface area (Å²) in [6.45, 7) is 8.15. The number of rotatable bonds is 5. The van der Waals surface area contributed by atoms with Gasteiger partial charge in [0.2, 0.25) is 0 Å². The van der Waals surface area contributed by atoms with Crippen molar-refractivity contribution in [1.82, 2.24) is 5.32 Å². The largest absolute Gasteiger partial charge is 0.483 e. The van der Waals surface area contributed by atoms with Gasteiger partial charge >= 0.3 is 0 Å². The van der Waals surface area contributed by atoms with Crippen LogP contribution in [-0.2, 0) is 4.79 Å². The number of hydrogen-bond donors (Lipinski definition) is 1. The first-order chi connectivity index (χ1) is 8.00. The number of carbonyl (C=O) groups is 1. The van der Waals surface area contributed by atoms with Gasteiger partial charge in [-0.2, -0.15) is 0 Å². The molecule has 94 valence electrons. The summed E-state index contributed by atoms with van der Waals surface area (Å²) in [5, 5.41) is 2.80. The van der Waals surface area contributed by atoms with Crippen molar-refractivity contribution in [3.05, 3.63) is 29.8 Å². The second-order valence-corrected chi connectivity index (χ2v) is 4.70. The molecule has 0 aliphatic rings. The van der Waals surface area contributed by atoms with Crippen LogP contribution in [0, 0.1) is 0 Å². The monoisotopic (exact) mass is 235 g/mol. The topological polar surface area (TPSA) is 38.3 Å². The van der Waals surface area contributed by atoms with Gasteiger partial charge in [0.05, 0.1) is 0 Å². The normalized spacial score (nSPS) is 10.7. The third kappa shape index (κ3) is 4.47. The lowest BCUT2D eigenvalue weighted by atomic mass is 10.0. The molecule has 1 aromatic rings. The summed E-state index contributed by atoms with van der Waals surface area (Å²) in [4.78, 5) is 11.5. The molecule has 3 heteroatoms. The average Bonchev–Trinajstić information content (AvgIpc) is 2.25. The van der Waals surface area contributed by atoms with Gasteiger partial charge in [-0.3, -0.25) is 4.79 Å². The van der Waals surface area contributed by atoms with E-state index in [1.165, 1.54) is 0 Å². The lowest BCUT2D eigenvalue weighted by molar-refractivity contribution is -0.123. The van der Waals surface area contributed by atoms with Gasteiger partial charge in [-0.1, -0.05) is 32.0 Å². The highest BCUT2D eigenvalue weighted by Crippen LogP contribution is 2.25. The Hall–Kier alpha value is -1.51. The molecular weight excluding hydrogens is 214 g/mol. The summed E-state index contributed by atoms with van der Waals surface area (Å²) in [7, 11) is 0. The van der Waals surface area contributed by atoms with Gasteiger partial charge in [-0.25, -0.2) is 0 Å². The van der Waals surface area contributed by atoms with Crippen molar-refractivity contribution in [2.45, 2.75) is 39.7 Å². The molecule has 0 aliphatic carbocycles. The molecule has 1 amide bonds. The molecule has 3 nitrogen and oxygen atoms in total. The molecule has 0 saturated heterocycles. The molecule has 0 saturated carbocycles. The summed E-state index contributed by atoms with van der Waals surface area (Å²) in [5.41, 5.74) is 1.13. The number of hydrogen-bond acceptors (Lipinski definition) is 2. The summed E-state index contributed by atoms with van der Waals surface area (Å²) < 4.78 is 5.55. The predicted octanol–water partition coefficient (Wildman–Crippen LogP) is 2.71. The lowest BCUT2D eigenvalue weighted by Crippen LogP contribution is -2.34. The highest BCUT2D eigenvalue weighted by Gasteiger charge is 2.09. The number of para-hydroxylation sites is 1. The number of nitrogens with one attached hydrogen (secondary N) is 1. The fourth-order valence-corrected chi connectivity index (χ4v) is 1.60. The fourth-order valence-electron chi connectivity index (χ4n) is 1.60.